The Morgan fingerprint density at radius 1 is 1.43 bits per heavy atom. The largest absolute Gasteiger partial charge is 0.352 e. The number of hydrogen-bond acceptors (Lipinski definition) is 3. The molecule has 6 nitrogen and oxygen atoms in total. The van der Waals surface area contributed by atoms with Crippen molar-refractivity contribution < 1.29 is 14.4 Å². The Morgan fingerprint density at radius 3 is 2.78 bits per heavy atom. The zero-order chi connectivity index (χ0) is 17.0. The third-order valence-corrected chi connectivity index (χ3v) is 3.94. The molecule has 1 unspecified atom stereocenters. The van der Waals surface area contributed by atoms with Crippen LogP contribution in [0.15, 0.2) is 36.9 Å². The summed E-state index contributed by atoms with van der Waals surface area (Å²) in [6, 6.07) is 6.84. The fourth-order valence-corrected chi connectivity index (χ4v) is 2.67. The van der Waals surface area contributed by atoms with Gasteiger partial charge < -0.3 is 15.1 Å². The lowest BCUT2D eigenvalue weighted by Crippen LogP contribution is -2.54. The van der Waals surface area contributed by atoms with Gasteiger partial charge in [-0.25, -0.2) is 0 Å². The Bertz CT molecular complexity index is 642. The Morgan fingerprint density at radius 2 is 2.13 bits per heavy atom. The van der Waals surface area contributed by atoms with Gasteiger partial charge in [-0.15, -0.1) is 0 Å². The van der Waals surface area contributed by atoms with Gasteiger partial charge in [0, 0.05) is 20.1 Å². The van der Waals surface area contributed by atoms with Crippen LogP contribution >= 0.6 is 0 Å². The number of nitrogens with one attached hydrogen (secondary N) is 1. The van der Waals surface area contributed by atoms with Crippen LogP contribution in [0.4, 0.5) is 0 Å². The van der Waals surface area contributed by atoms with Gasteiger partial charge in [-0.3, -0.25) is 14.4 Å². The van der Waals surface area contributed by atoms with Gasteiger partial charge in [0.1, 0.15) is 6.04 Å². The van der Waals surface area contributed by atoms with Gasteiger partial charge >= 0.3 is 0 Å². The third kappa shape index (κ3) is 3.59. The van der Waals surface area contributed by atoms with Crippen LogP contribution in [0.25, 0.3) is 0 Å². The van der Waals surface area contributed by atoms with E-state index in [2.05, 4.69) is 11.9 Å². The summed E-state index contributed by atoms with van der Waals surface area (Å²) in [5.41, 5.74) is 1.75. The molecule has 1 aliphatic rings. The SMILES string of the molecule is C=CC(=O)N(C)CC(=O)N1CCNC(=O)C1c1ccccc1C. The van der Waals surface area contributed by atoms with Crippen LogP contribution in [-0.2, 0) is 14.4 Å². The number of carbonyl (C=O) groups excluding carboxylic acids is 3. The van der Waals surface area contributed by atoms with Crippen LogP contribution < -0.4 is 5.32 Å². The molecule has 1 saturated heterocycles. The molecular formula is C17H21N3O3. The predicted molar refractivity (Wildman–Crippen MR) is 86.5 cm³/mol. The summed E-state index contributed by atoms with van der Waals surface area (Å²) in [5, 5.41) is 2.80. The van der Waals surface area contributed by atoms with E-state index in [1.54, 1.807) is 0 Å². The van der Waals surface area contributed by atoms with Crippen molar-refractivity contribution in [2.75, 3.05) is 26.7 Å². The van der Waals surface area contributed by atoms with Gasteiger partial charge in [0.05, 0.1) is 6.54 Å². The summed E-state index contributed by atoms with van der Waals surface area (Å²) in [6.07, 6.45) is 1.16. The molecule has 0 radical (unpaired) electrons. The van der Waals surface area contributed by atoms with E-state index >= 15 is 0 Å². The monoisotopic (exact) mass is 315 g/mol. The van der Waals surface area contributed by atoms with Gasteiger partial charge in [0.2, 0.25) is 17.7 Å². The number of rotatable bonds is 4. The average molecular weight is 315 g/mol. The molecule has 1 heterocycles. The second-order valence-corrected chi connectivity index (χ2v) is 5.54. The zero-order valence-electron chi connectivity index (χ0n) is 13.4. The van der Waals surface area contributed by atoms with Crippen LogP contribution in [0.2, 0.25) is 0 Å². The summed E-state index contributed by atoms with van der Waals surface area (Å²) < 4.78 is 0. The molecule has 1 aromatic rings. The summed E-state index contributed by atoms with van der Waals surface area (Å²) in [6.45, 7) is 6.06. The third-order valence-electron chi connectivity index (χ3n) is 3.94. The Hall–Kier alpha value is -2.63. The molecule has 1 fully saturated rings. The Kier molecular flexibility index (Phi) is 5.16. The predicted octanol–water partition coefficient (Wildman–Crippen LogP) is 0.639. The van der Waals surface area contributed by atoms with E-state index in [1.165, 1.54) is 16.8 Å². The first kappa shape index (κ1) is 16.7. The molecule has 0 aliphatic carbocycles. The average Bonchev–Trinajstić information content (AvgIpc) is 2.54. The Labute approximate surface area is 135 Å². The van der Waals surface area contributed by atoms with Crippen LogP contribution in [0.1, 0.15) is 17.2 Å². The first-order chi connectivity index (χ1) is 11.0. The van der Waals surface area contributed by atoms with Crippen molar-refractivity contribution in [2.24, 2.45) is 0 Å². The van der Waals surface area contributed by atoms with Crippen molar-refractivity contribution >= 4 is 17.7 Å². The number of aryl methyl sites for hydroxylation is 1. The van der Waals surface area contributed by atoms with Gasteiger partial charge in [-0.2, -0.15) is 0 Å². The van der Waals surface area contributed by atoms with E-state index in [0.717, 1.165) is 17.2 Å². The van der Waals surface area contributed by atoms with E-state index < -0.39 is 6.04 Å². The highest BCUT2D eigenvalue weighted by Gasteiger charge is 2.35. The van der Waals surface area contributed by atoms with E-state index in [0.29, 0.717) is 13.1 Å². The Balaban J connectivity index is 2.26. The van der Waals surface area contributed by atoms with Crippen LogP contribution in [0.3, 0.4) is 0 Å². The van der Waals surface area contributed by atoms with Crippen molar-refractivity contribution in [1.82, 2.24) is 15.1 Å². The summed E-state index contributed by atoms with van der Waals surface area (Å²) >= 11 is 0. The summed E-state index contributed by atoms with van der Waals surface area (Å²) in [4.78, 5) is 39.3. The summed E-state index contributed by atoms with van der Waals surface area (Å²) in [5.74, 6) is -0.783. The highest BCUT2D eigenvalue weighted by atomic mass is 16.2. The molecular weight excluding hydrogens is 294 g/mol. The maximum absolute atomic E-state index is 12.6. The first-order valence-corrected chi connectivity index (χ1v) is 7.46. The fourth-order valence-electron chi connectivity index (χ4n) is 2.67. The first-order valence-electron chi connectivity index (χ1n) is 7.46. The molecule has 0 saturated carbocycles. The molecule has 1 N–H and O–H groups in total. The molecule has 0 bridgehead atoms. The van der Waals surface area contributed by atoms with Gasteiger partial charge in [-0.05, 0) is 24.1 Å². The highest BCUT2D eigenvalue weighted by molar-refractivity contribution is 5.93. The molecule has 122 valence electrons. The minimum Gasteiger partial charge on any atom is -0.352 e. The minimum absolute atomic E-state index is 0.0828. The van der Waals surface area contributed by atoms with Gasteiger partial charge in [0.15, 0.2) is 0 Å². The van der Waals surface area contributed by atoms with Crippen molar-refractivity contribution in [3.8, 4) is 0 Å². The number of nitrogens with zero attached hydrogens (tertiary/aromatic N) is 2. The van der Waals surface area contributed by atoms with Gasteiger partial charge in [-0.1, -0.05) is 30.8 Å². The molecule has 3 amide bonds. The molecule has 0 aromatic heterocycles. The fraction of sp³-hybridized carbons (Fsp3) is 0.353. The highest BCUT2D eigenvalue weighted by Crippen LogP contribution is 2.26. The maximum atomic E-state index is 12.6. The number of amides is 3. The minimum atomic E-state index is -0.662. The standard InChI is InChI=1S/C17H21N3O3/c1-4-14(21)19(3)11-15(22)20-10-9-18-17(23)16(20)13-8-6-5-7-12(13)2/h4-8,16H,1,9-11H2,2-3H3,(H,18,23). The molecule has 1 atom stereocenters. The van der Waals surface area contributed by atoms with Crippen molar-refractivity contribution in [3.63, 3.8) is 0 Å². The van der Waals surface area contributed by atoms with Crippen molar-refractivity contribution in [2.45, 2.75) is 13.0 Å². The topological polar surface area (TPSA) is 69.7 Å². The van der Waals surface area contributed by atoms with E-state index in [9.17, 15) is 14.4 Å². The van der Waals surface area contributed by atoms with Crippen molar-refractivity contribution in [1.29, 1.82) is 0 Å². The molecule has 23 heavy (non-hydrogen) atoms. The molecule has 2 rings (SSSR count). The number of carbonyl (C=O) groups is 3. The van der Waals surface area contributed by atoms with E-state index in [1.807, 2.05) is 31.2 Å². The number of hydrogen-bond donors (Lipinski definition) is 1. The lowest BCUT2D eigenvalue weighted by atomic mass is 9.97. The lowest BCUT2D eigenvalue weighted by Gasteiger charge is -2.36. The molecule has 6 heteroatoms. The van der Waals surface area contributed by atoms with E-state index in [-0.39, 0.29) is 24.3 Å². The second-order valence-electron chi connectivity index (χ2n) is 5.54. The normalized spacial score (nSPS) is 17.4. The van der Waals surface area contributed by atoms with Crippen LogP contribution in [-0.4, -0.2) is 54.2 Å². The molecule has 0 spiro atoms. The second kappa shape index (κ2) is 7.09. The maximum Gasteiger partial charge on any atom is 0.247 e. The quantitative estimate of drug-likeness (QED) is 0.829. The van der Waals surface area contributed by atoms with Crippen molar-refractivity contribution in [3.05, 3.63) is 48.0 Å². The van der Waals surface area contributed by atoms with E-state index in [4.69, 9.17) is 0 Å². The lowest BCUT2D eigenvalue weighted by molar-refractivity contribution is -0.145. The number of likely N-dealkylation sites (N-methyl/N-ethyl adjacent to an activating group) is 1. The van der Waals surface area contributed by atoms with Crippen LogP contribution in [0, 0.1) is 6.92 Å². The zero-order valence-corrected chi connectivity index (χ0v) is 13.4. The van der Waals surface area contributed by atoms with Gasteiger partial charge in [0.25, 0.3) is 0 Å². The number of piperazine rings is 1. The summed E-state index contributed by atoms with van der Waals surface area (Å²) in [7, 11) is 1.54. The molecule has 1 aliphatic heterocycles. The smallest absolute Gasteiger partial charge is 0.247 e. The van der Waals surface area contributed by atoms with Crippen LogP contribution in [0.5, 0.6) is 0 Å². The molecule has 1 aromatic carbocycles. The number of benzene rings is 1.